The van der Waals surface area contributed by atoms with E-state index in [0.717, 1.165) is 12.8 Å². The first-order chi connectivity index (χ1) is 18.0. The van der Waals surface area contributed by atoms with Crippen LogP contribution in [0.1, 0.15) is 53.4 Å². The first kappa shape index (κ1) is 26.2. The van der Waals surface area contributed by atoms with Gasteiger partial charge in [0.15, 0.2) is 6.10 Å². The van der Waals surface area contributed by atoms with E-state index in [9.17, 15) is 14.7 Å². The standard InChI is InChI=1S/C29H38O9/c1-17-9-10-28-15-34-25(32)24-26(3,38-24)11-12-33-19(18(2)30)7-5-6-8-23(31)37-20-14-22(36-21(28)13-17)29(16-35-29)27(20,28)4/h5-8,13,18-22,24,30H,9-12,14-16H2,1-4H3/b7-5+,8-6-/t18?,19?,20-,21-,22-,24-,26-,27-,28-,29?/m1/s1. The molecule has 0 radical (unpaired) electrons. The predicted molar refractivity (Wildman–Crippen MR) is 134 cm³/mol. The minimum atomic E-state index is -0.754. The number of aliphatic hydroxyl groups is 1. The summed E-state index contributed by atoms with van der Waals surface area (Å²) < 4.78 is 36.6. The molecule has 1 N–H and O–H groups in total. The number of allylic oxidation sites excluding steroid dienone is 3. The Morgan fingerprint density at radius 2 is 1.89 bits per heavy atom. The van der Waals surface area contributed by atoms with Crippen molar-refractivity contribution in [2.24, 2.45) is 10.8 Å². The van der Waals surface area contributed by atoms with Crippen LogP contribution in [0.15, 0.2) is 36.0 Å². The van der Waals surface area contributed by atoms with Gasteiger partial charge in [-0.25, -0.2) is 9.59 Å². The Balaban J connectivity index is 1.35. The zero-order valence-corrected chi connectivity index (χ0v) is 22.5. The lowest BCUT2D eigenvalue weighted by Crippen LogP contribution is -2.66. The first-order valence-electron chi connectivity index (χ1n) is 13.7. The molecule has 6 rings (SSSR count). The Morgan fingerprint density at radius 1 is 1.11 bits per heavy atom. The summed E-state index contributed by atoms with van der Waals surface area (Å²) in [6.07, 6.45) is 8.08. The SMILES string of the molecule is CC1=C[C@H]2O[C@@H]3C[C@H]4OC(=O)/C=C\C=C\C(C(C)O)OCC[C@@]5(C)O[C@@H]5C(=O)OC[C@@]2(CC1)[C@]4(C)C31CO1. The topological polar surface area (TPSA) is 116 Å². The Bertz CT molecular complexity index is 1090. The highest BCUT2D eigenvalue weighted by Gasteiger charge is 2.83. The minimum Gasteiger partial charge on any atom is -0.463 e. The third-order valence-corrected chi connectivity index (χ3v) is 10.1. The summed E-state index contributed by atoms with van der Waals surface area (Å²) in [6, 6.07) is 0. The summed E-state index contributed by atoms with van der Waals surface area (Å²) in [5, 5.41) is 10.1. The second kappa shape index (κ2) is 8.99. The maximum atomic E-state index is 13.2. The van der Waals surface area contributed by atoms with E-state index in [1.54, 1.807) is 25.2 Å². The van der Waals surface area contributed by atoms with Gasteiger partial charge in [0, 0.05) is 24.3 Å². The fraction of sp³-hybridized carbons (Fsp3) is 0.724. The molecule has 10 atom stereocenters. The molecule has 3 saturated heterocycles. The zero-order chi connectivity index (χ0) is 26.9. The summed E-state index contributed by atoms with van der Waals surface area (Å²) in [5.41, 5.74) is -1.25. The van der Waals surface area contributed by atoms with Gasteiger partial charge in [0.05, 0.1) is 36.9 Å². The van der Waals surface area contributed by atoms with Gasteiger partial charge < -0.3 is 33.5 Å². The molecule has 9 heteroatoms. The maximum Gasteiger partial charge on any atom is 0.338 e. The van der Waals surface area contributed by atoms with Crippen LogP contribution < -0.4 is 0 Å². The van der Waals surface area contributed by atoms with Crippen LogP contribution in [-0.4, -0.2) is 84.7 Å². The van der Waals surface area contributed by atoms with E-state index in [0.29, 0.717) is 19.4 Å². The number of esters is 2. The van der Waals surface area contributed by atoms with Gasteiger partial charge in [0.1, 0.15) is 30.0 Å². The minimum absolute atomic E-state index is 0.123. The third-order valence-electron chi connectivity index (χ3n) is 10.1. The average Bonchev–Trinajstić information content (AvgIpc) is 3.77. The van der Waals surface area contributed by atoms with Crippen molar-refractivity contribution < 1.29 is 43.1 Å². The number of cyclic esters (lactones) is 1. The van der Waals surface area contributed by atoms with Gasteiger partial charge in [0.25, 0.3) is 0 Å². The van der Waals surface area contributed by atoms with E-state index in [2.05, 4.69) is 19.9 Å². The van der Waals surface area contributed by atoms with Crippen LogP contribution in [-0.2, 0) is 38.0 Å². The van der Waals surface area contributed by atoms with E-state index in [4.69, 9.17) is 28.4 Å². The van der Waals surface area contributed by atoms with E-state index < -0.39 is 58.4 Å². The van der Waals surface area contributed by atoms with Crippen molar-refractivity contribution in [2.75, 3.05) is 19.8 Å². The highest BCUT2D eigenvalue weighted by Crippen LogP contribution is 2.72. The zero-order valence-electron chi connectivity index (χ0n) is 22.5. The maximum absolute atomic E-state index is 13.2. The van der Waals surface area contributed by atoms with Crippen molar-refractivity contribution in [3.8, 4) is 0 Å². The molecular weight excluding hydrogens is 492 g/mol. The van der Waals surface area contributed by atoms with Crippen molar-refractivity contribution >= 4 is 11.9 Å². The Labute approximate surface area is 223 Å². The van der Waals surface area contributed by atoms with Crippen molar-refractivity contribution in [3.63, 3.8) is 0 Å². The lowest BCUT2D eigenvalue weighted by molar-refractivity contribution is -0.233. The van der Waals surface area contributed by atoms with E-state index >= 15 is 0 Å². The molecule has 0 amide bonds. The van der Waals surface area contributed by atoms with Crippen LogP contribution in [0.2, 0.25) is 0 Å². The van der Waals surface area contributed by atoms with E-state index in [1.165, 1.54) is 11.6 Å². The second-order valence-electron chi connectivity index (χ2n) is 12.2. The normalized spacial score (nSPS) is 50.8. The molecule has 1 saturated carbocycles. The number of fused-ring (bicyclic) bond motifs is 1. The number of epoxide rings is 2. The summed E-state index contributed by atoms with van der Waals surface area (Å²) >= 11 is 0. The molecule has 38 heavy (non-hydrogen) atoms. The largest absolute Gasteiger partial charge is 0.463 e. The Kier molecular flexibility index (Phi) is 6.20. The fourth-order valence-corrected chi connectivity index (χ4v) is 7.37. The molecule has 4 heterocycles. The quantitative estimate of drug-likeness (QED) is 0.310. The summed E-state index contributed by atoms with van der Waals surface area (Å²) in [5.74, 6) is -0.876. The van der Waals surface area contributed by atoms with Crippen LogP contribution in [0.4, 0.5) is 0 Å². The van der Waals surface area contributed by atoms with Gasteiger partial charge in [0.2, 0.25) is 0 Å². The highest BCUT2D eigenvalue weighted by atomic mass is 16.7. The monoisotopic (exact) mass is 530 g/mol. The molecule has 6 aliphatic rings. The number of carbonyl (C=O) groups excluding carboxylic acids is 2. The number of ether oxygens (including phenoxy) is 6. The van der Waals surface area contributed by atoms with Crippen LogP contribution in [0.25, 0.3) is 0 Å². The molecule has 4 aliphatic heterocycles. The van der Waals surface area contributed by atoms with Crippen molar-refractivity contribution in [2.45, 2.75) is 101 Å². The van der Waals surface area contributed by atoms with Gasteiger partial charge in [-0.3, -0.25) is 0 Å². The van der Waals surface area contributed by atoms with Crippen LogP contribution >= 0.6 is 0 Å². The molecule has 3 unspecified atom stereocenters. The van der Waals surface area contributed by atoms with Crippen LogP contribution in [0, 0.1) is 10.8 Å². The molecule has 2 bridgehead atoms. The summed E-state index contributed by atoms with van der Waals surface area (Å²) in [6.45, 7) is 8.66. The van der Waals surface area contributed by atoms with Gasteiger partial charge >= 0.3 is 11.9 Å². The second-order valence-corrected chi connectivity index (χ2v) is 12.2. The molecule has 208 valence electrons. The van der Waals surface area contributed by atoms with E-state index in [1.807, 2.05) is 6.92 Å². The number of rotatable bonds is 1. The average molecular weight is 531 g/mol. The number of hydrogen-bond donors (Lipinski definition) is 1. The Hall–Kier alpha value is -2.04. The van der Waals surface area contributed by atoms with Gasteiger partial charge in [-0.05, 0) is 33.6 Å². The van der Waals surface area contributed by atoms with Crippen molar-refractivity contribution in [1.29, 1.82) is 0 Å². The molecule has 0 aromatic rings. The van der Waals surface area contributed by atoms with E-state index in [-0.39, 0.29) is 25.4 Å². The molecule has 2 aliphatic carbocycles. The molecule has 4 fully saturated rings. The van der Waals surface area contributed by atoms with Crippen LogP contribution in [0.5, 0.6) is 0 Å². The van der Waals surface area contributed by atoms with Crippen LogP contribution in [0.3, 0.4) is 0 Å². The Morgan fingerprint density at radius 3 is 2.63 bits per heavy atom. The third kappa shape index (κ3) is 3.84. The summed E-state index contributed by atoms with van der Waals surface area (Å²) in [4.78, 5) is 26.2. The molecule has 0 aromatic carbocycles. The number of aliphatic hydroxyl groups excluding tert-OH is 1. The van der Waals surface area contributed by atoms with Gasteiger partial charge in [-0.2, -0.15) is 0 Å². The molecule has 9 nitrogen and oxygen atoms in total. The predicted octanol–water partition coefficient (Wildman–Crippen LogP) is 2.55. The molecule has 2 spiro atoms. The lowest BCUT2D eigenvalue weighted by Gasteiger charge is -2.58. The first-order valence-corrected chi connectivity index (χ1v) is 13.7. The summed E-state index contributed by atoms with van der Waals surface area (Å²) in [7, 11) is 0. The lowest BCUT2D eigenvalue weighted by atomic mass is 9.51. The molecular formula is C29H38O9. The van der Waals surface area contributed by atoms with Gasteiger partial charge in [-0.1, -0.05) is 36.8 Å². The number of hydrogen-bond acceptors (Lipinski definition) is 9. The smallest absolute Gasteiger partial charge is 0.338 e. The molecule has 0 aromatic heterocycles. The van der Waals surface area contributed by atoms with Crippen molar-refractivity contribution in [1.82, 2.24) is 0 Å². The van der Waals surface area contributed by atoms with Gasteiger partial charge in [-0.15, -0.1) is 0 Å². The van der Waals surface area contributed by atoms with Crippen molar-refractivity contribution in [3.05, 3.63) is 36.0 Å². The number of carbonyl (C=O) groups is 2. The fourth-order valence-electron chi connectivity index (χ4n) is 7.37. The highest BCUT2D eigenvalue weighted by molar-refractivity contribution is 5.82.